The third kappa shape index (κ3) is 5.03. The molecule has 1 aromatic carbocycles. The minimum absolute atomic E-state index is 0. The van der Waals surface area contributed by atoms with Gasteiger partial charge in [0.15, 0.2) is 0 Å². The molecule has 148 valence electrons. The molecule has 27 heavy (non-hydrogen) atoms. The van der Waals surface area contributed by atoms with E-state index in [1.165, 1.54) is 0 Å². The van der Waals surface area contributed by atoms with Gasteiger partial charge in [-0.3, -0.25) is 9.48 Å². The number of piperidine rings is 1. The highest BCUT2D eigenvalue weighted by Gasteiger charge is 2.26. The first-order valence-electron chi connectivity index (χ1n) is 9.15. The fraction of sp³-hybridized carbons (Fsp3) is 0.500. The molecule has 2 unspecified atom stereocenters. The number of nitrogens with zero attached hydrogens (tertiary/aromatic N) is 2. The molecule has 0 saturated carbocycles. The fourth-order valence-corrected chi connectivity index (χ4v) is 3.49. The van der Waals surface area contributed by atoms with Crippen molar-refractivity contribution in [2.75, 3.05) is 6.54 Å². The second-order valence-electron chi connectivity index (χ2n) is 8.04. The Balaban J connectivity index is 0.00000261. The molecule has 3 rings (SSSR count). The monoisotopic (exact) mass is 410 g/mol. The van der Waals surface area contributed by atoms with Gasteiger partial charge in [0, 0.05) is 23.8 Å². The summed E-state index contributed by atoms with van der Waals surface area (Å²) in [6.07, 6.45) is 3.70. The summed E-state index contributed by atoms with van der Waals surface area (Å²) < 4.78 is 1.84. The van der Waals surface area contributed by atoms with E-state index < -0.39 is 0 Å². The van der Waals surface area contributed by atoms with Gasteiger partial charge >= 0.3 is 0 Å². The summed E-state index contributed by atoms with van der Waals surface area (Å²) in [5.74, 6) is -0.0884. The molecule has 0 aliphatic carbocycles. The maximum absolute atomic E-state index is 13.0. The van der Waals surface area contributed by atoms with Crippen LogP contribution in [0.5, 0.6) is 0 Å². The van der Waals surface area contributed by atoms with E-state index in [4.69, 9.17) is 16.7 Å². The van der Waals surface area contributed by atoms with Gasteiger partial charge in [0.05, 0.1) is 16.1 Å². The predicted molar refractivity (Wildman–Crippen MR) is 113 cm³/mol. The van der Waals surface area contributed by atoms with Crippen LogP contribution in [-0.4, -0.2) is 34.3 Å². The Bertz CT molecular complexity index is 798. The number of benzene rings is 1. The lowest BCUT2D eigenvalue weighted by atomic mass is 10.00. The zero-order valence-electron chi connectivity index (χ0n) is 16.3. The first kappa shape index (κ1) is 21.7. The van der Waals surface area contributed by atoms with E-state index in [0.717, 1.165) is 24.9 Å². The second kappa shape index (κ2) is 8.63. The normalized spacial score (nSPS) is 20.0. The molecular formula is C20H28Cl2N4O. The van der Waals surface area contributed by atoms with Gasteiger partial charge in [0.25, 0.3) is 5.91 Å². The molecule has 7 heteroatoms. The van der Waals surface area contributed by atoms with Gasteiger partial charge in [-0.1, -0.05) is 29.8 Å². The van der Waals surface area contributed by atoms with Crippen molar-refractivity contribution in [2.45, 2.75) is 58.2 Å². The molecule has 1 aliphatic rings. The summed E-state index contributed by atoms with van der Waals surface area (Å²) in [5, 5.41) is 11.9. The zero-order chi connectivity index (χ0) is 18.9. The highest BCUT2D eigenvalue weighted by Crippen LogP contribution is 2.31. The minimum Gasteiger partial charge on any atom is -0.349 e. The highest BCUT2D eigenvalue weighted by molar-refractivity contribution is 6.33. The van der Waals surface area contributed by atoms with Crippen LogP contribution in [0.3, 0.4) is 0 Å². The van der Waals surface area contributed by atoms with Crippen LogP contribution >= 0.6 is 24.0 Å². The number of aromatic nitrogens is 2. The van der Waals surface area contributed by atoms with Crippen molar-refractivity contribution in [3.05, 3.63) is 41.0 Å². The van der Waals surface area contributed by atoms with Crippen LogP contribution in [0, 0.1) is 0 Å². The molecule has 1 amide bonds. The second-order valence-corrected chi connectivity index (χ2v) is 8.44. The van der Waals surface area contributed by atoms with Gasteiger partial charge < -0.3 is 10.6 Å². The van der Waals surface area contributed by atoms with Gasteiger partial charge in [0.1, 0.15) is 5.69 Å². The quantitative estimate of drug-likeness (QED) is 0.794. The molecule has 2 aromatic rings. The number of hydrogen-bond acceptors (Lipinski definition) is 3. The van der Waals surface area contributed by atoms with Gasteiger partial charge in [-0.2, -0.15) is 5.10 Å². The number of carbonyl (C=O) groups excluding carboxylic acids is 1. The molecule has 1 fully saturated rings. The van der Waals surface area contributed by atoms with Crippen LogP contribution < -0.4 is 10.6 Å². The molecular weight excluding hydrogens is 383 g/mol. The van der Waals surface area contributed by atoms with Crippen molar-refractivity contribution in [3.8, 4) is 11.3 Å². The Morgan fingerprint density at radius 1 is 1.33 bits per heavy atom. The molecule has 0 spiro atoms. The first-order chi connectivity index (χ1) is 12.3. The summed E-state index contributed by atoms with van der Waals surface area (Å²) in [6.45, 7) is 9.25. The Morgan fingerprint density at radius 3 is 2.67 bits per heavy atom. The van der Waals surface area contributed by atoms with E-state index in [2.05, 4.69) is 38.3 Å². The summed E-state index contributed by atoms with van der Waals surface area (Å²) in [5.41, 5.74) is 1.75. The Kier molecular flexibility index (Phi) is 6.95. The molecule has 5 nitrogen and oxygen atoms in total. The smallest absolute Gasteiger partial charge is 0.255 e. The van der Waals surface area contributed by atoms with Crippen molar-refractivity contribution in [3.63, 3.8) is 0 Å². The number of hydrogen-bond donors (Lipinski definition) is 2. The Labute approximate surface area is 172 Å². The summed E-state index contributed by atoms with van der Waals surface area (Å²) in [4.78, 5) is 13.0. The SMILES string of the molecule is CC1CC(NC(=O)c2cn(C(C)(C)C)nc2-c2ccccc2Cl)CCN1.Cl. The largest absolute Gasteiger partial charge is 0.349 e. The van der Waals surface area contributed by atoms with Crippen LogP contribution in [0.2, 0.25) is 5.02 Å². The average molecular weight is 411 g/mol. The van der Waals surface area contributed by atoms with E-state index in [9.17, 15) is 4.79 Å². The number of halogens is 2. The lowest BCUT2D eigenvalue weighted by Gasteiger charge is -2.28. The lowest BCUT2D eigenvalue weighted by molar-refractivity contribution is 0.0926. The van der Waals surface area contributed by atoms with Crippen LogP contribution in [0.25, 0.3) is 11.3 Å². The van der Waals surface area contributed by atoms with E-state index in [0.29, 0.717) is 22.3 Å². The zero-order valence-corrected chi connectivity index (χ0v) is 17.8. The molecule has 0 bridgehead atoms. The van der Waals surface area contributed by atoms with Crippen LogP contribution in [0.4, 0.5) is 0 Å². The van der Waals surface area contributed by atoms with Crippen molar-refractivity contribution in [1.29, 1.82) is 0 Å². The van der Waals surface area contributed by atoms with E-state index >= 15 is 0 Å². The fourth-order valence-electron chi connectivity index (χ4n) is 3.26. The highest BCUT2D eigenvalue weighted by atomic mass is 35.5. The van der Waals surface area contributed by atoms with Gasteiger partial charge in [0.2, 0.25) is 0 Å². The lowest BCUT2D eigenvalue weighted by Crippen LogP contribution is -2.46. The van der Waals surface area contributed by atoms with E-state index in [-0.39, 0.29) is 29.9 Å². The molecule has 2 heterocycles. The van der Waals surface area contributed by atoms with Crippen LogP contribution in [-0.2, 0) is 5.54 Å². The van der Waals surface area contributed by atoms with Crippen LogP contribution in [0.15, 0.2) is 30.5 Å². The molecule has 0 radical (unpaired) electrons. The Hall–Kier alpha value is -1.56. The average Bonchev–Trinajstić information content (AvgIpc) is 3.01. The van der Waals surface area contributed by atoms with Crippen LogP contribution in [0.1, 0.15) is 50.9 Å². The standard InChI is InChI=1S/C20H27ClN4O.ClH/c1-13-11-14(9-10-22-13)23-19(26)16-12-25(20(2,3)4)24-18(16)15-7-5-6-8-17(15)21;/h5-8,12-14,22H,9-11H2,1-4H3,(H,23,26);1H. The third-order valence-electron chi connectivity index (χ3n) is 4.73. The summed E-state index contributed by atoms with van der Waals surface area (Å²) >= 11 is 6.38. The third-order valence-corrected chi connectivity index (χ3v) is 5.06. The molecule has 1 aliphatic heterocycles. The van der Waals surface area contributed by atoms with E-state index in [1.807, 2.05) is 35.1 Å². The van der Waals surface area contributed by atoms with Gasteiger partial charge in [-0.05, 0) is 53.1 Å². The van der Waals surface area contributed by atoms with E-state index in [1.54, 1.807) is 0 Å². The van der Waals surface area contributed by atoms with Crippen molar-refractivity contribution < 1.29 is 4.79 Å². The van der Waals surface area contributed by atoms with Crippen molar-refractivity contribution in [2.24, 2.45) is 0 Å². The number of carbonyl (C=O) groups is 1. The molecule has 1 aromatic heterocycles. The molecule has 2 atom stereocenters. The Morgan fingerprint density at radius 2 is 2.04 bits per heavy atom. The maximum atomic E-state index is 13.0. The molecule has 2 N–H and O–H groups in total. The number of rotatable bonds is 3. The number of amides is 1. The predicted octanol–water partition coefficient (Wildman–Crippen LogP) is 4.25. The number of nitrogens with one attached hydrogen (secondary N) is 2. The van der Waals surface area contributed by atoms with Gasteiger partial charge in [-0.15, -0.1) is 12.4 Å². The first-order valence-corrected chi connectivity index (χ1v) is 9.53. The van der Waals surface area contributed by atoms with Crippen molar-refractivity contribution >= 4 is 29.9 Å². The topological polar surface area (TPSA) is 59.0 Å². The summed E-state index contributed by atoms with van der Waals surface area (Å²) in [7, 11) is 0. The van der Waals surface area contributed by atoms with Gasteiger partial charge in [-0.25, -0.2) is 0 Å². The molecule has 1 saturated heterocycles. The maximum Gasteiger partial charge on any atom is 0.255 e. The summed E-state index contributed by atoms with van der Waals surface area (Å²) in [6, 6.07) is 8.10. The minimum atomic E-state index is -0.224. The van der Waals surface area contributed by atoms with Crippen molar-refractivity contribution in [1.82, 2.24) is 20.4 Å².